The Hall–Kier alpha value is -3.31. The summed E-state index contributed by atoms with van der Waals surface area (Å²) in [7, 11) is 0. The van der Waals surface area contributed by atoms with E-state index in [9.17, 15) is 29.3 Å². The van der Waals surface area contributed by atoms with Gasteiger partial charge in [-0.05, 0) is 25.1 Å². The maximum Gasteiger partial charge on any atom is 0.305 e. The molecule has 11 nitrogen and oxygen atoms in total. The molecule has 0 unspecified atom stereocenters. The van der Waals surface area contributed by atoms with Crippen LogP contribution in [0.5, 0.6) is 0 Å². The van der Waals surface area contributed by atoms with E-state index in [-0.39, 0.29) is 10.7 Å². The Balaban J connectivity index is 1.83. The van der Waals surface area contributed by atoms with Crippen LogP contribution in [0.1, 0.15) is 20.8 Å². The van der Waals surface area contributed by atoms with Gasteiger partial charge in [0.1, 0.15) is 5.69 Å². The third-order valence-electron chi connectivity index (χ3n) is 5.77. The molecule has 2 bridgehead atoms. The Morgan fingerprint density at radius 1 is 1.16 bits per heavy atom. The number of esters is 2. The highest BCUT2D eigenvalue weighted by molar-refractivity contribution is 6.31. The Labute approximate surface area is 186 Å². The van der Waals surface area contributed by atoms with Gasteiger partial charge < -0.3 is 14.2 Å². The number of hydrogen-bond donors (Lipinski definition) is 0. The highest BCUT2D eigenvalue weighted by Gasteiger charge is 2.76. The van der Waals surface area contributed by atoms with Crippen molar-refractivity contribution in [2.24, 2.45) is 11.8 Å². The van der Waals surface area contributed by atoms with Gasteiger partial charge in [0.25, 0.3) is 12.0 Å². The minimum absolute atomic E-state index is 0.0537. The van der Waals surface area contributed by atoms with E-state index in [0.717, 1.165) is 19.9 Å². The van der Waals surface area contributed by atoms with E-state index in [2.05, 4.69) is 0 Å². The van der Waals surface area contributed by atoms with E-state index in [1.807, 2.05) is 0 Å². The maximum atomic E-state index is 13.5. The van der Waals surface area contributed by atoms with Gasteiger partial charge in [-0.1, -0.05) is 17.7 Å². The van der Waals surface area contributed by atoms with Crippen molar-refractivity contribution in [3.63, 3.8) is 0 Å². The zero-order valence-corrected chi connectivity index (χ0v) is 17.8. The predicted octanol–water partition coefficient (Wildman–Crippen LogP) is 1.90. The molecule has 0 spiro atoms. The molecule has 2 amide bonds. The number of nitrogens with zero attached hydrogens (tertiary/aromatic N) is 2. The third-order valence-corrected chi connectivity index (χ3v) is 6.01. The first-order valence-electron chi connectivity index (χ1n) is 9.48. The van der Waals surface area contributed by atoms with Crippen molar-refractivity contribution in [1.82, 2.24) is 0 Å². The third kappa shape index (κ3) is 3.00. The van der Waals surface area contributed by atoms with Crippen LogP contribution in [0.4, 0.5) is 11.4 Å². The summed E-state index contributed by atoms with van der Waals surface area (Å²) in [4.78, 5) is 61.8. The van der Waals surface area contributed by atoms with Gasteiger partial charge in [-0.25, -0.2) is 4.90 Å². The molecule has 12 heteroatoms. The number of halogens is 1. The molecule has 4 rings (SSSR count). The van der Waals surface area contributed by atoms with Crippen LogP contribution in [-0.2, 0) is 33.4 Å². The van der Waals surface area contributed by atoms with E-state index in [0.29, 0.717) is 4.90 Å². The summed E-state index contributed by atoms with van der Waals surface area (Å²) >= 11 is 5.86. The molecule has 1 aromatic carbocycles. The molecule has 168 valence electrons. The molecule has 0 saturated carbocycles. The Morgan fingerprint density at radius 3 is 2.31 bits per heavy atom. The quantitative estimate of drug-likeness (QED) is 0.159. The Bertz CT molecular complexity index is 1100. The van der Waals surface area contributed by atoms with Gasteiger partial charge in [-0.15, -0.1) is 0 Å². The fourth-order valence-corrected chi connectivity index (χ4v) is 4.80. The smallest absolute Gasteiger partial charge is 0.305 e. The number of carbonyl (C=O) groups is 4. The Kier molecular flexibility index (Phi) is 4.86. The first-order valence-corrected chi connectivity index (χ1v) is 9.86. The van der Waals surface area contributed by atoms with E-state index in [4.69, 9.17) is 25.8 Å². The topological polar surface area (TPSA) is 142 Å². The summed E-state index contributed by atoms with van der Waals surface area (Å²) in [6.07, 6.45) is 1.30. The number of benzene rings is 1. The summed E-state index contributed by atoms with van der Waals surface area (Å²) in [5.74, 6) is -5.51. The van der Waals surface area contributed by atoms with Crippen LogP contribution < -0.4 is 4.90 Å². The second-order valence-corrected chi connectivity index (χ2v) is 8.32. The first-order chi connectivity index (χ1) is 14.9. The van der Waals surface area contributed by atoms with Gasteiger partial charge in [0.05, 0.1) is 22.4 Å². The van der Waals surface area contributed by atoms with Crippen molar-refractivity contribution in [2.75, 3.05) is 4.90 Å². The van der Waals surface area contributed by atoms with Gasteiger partial charge >= 0.3 is 11.9 Å². The van der Waals surface area contributed by atoms with Crippen LogP contribution in [0.25, 0.3) is 0 Å². The monoisotopic (exact) mass is 464 g/mol. The molecule has 0 radical (unpaired) electrons. The number of fused-ring (bicyclic) bond motifs is 5. The molecule has 2 saturated heterocycles. The molecule has 0 aromatic heterocycles. The molecule has 1 aromatic rings. The van der Waals surface area contributed by atoms with Gasteiger partial charge in [0.15, 0.2) is 5.60 Å². The average Bonchev–Trinajstić information content (AvgIpc) is 3.27. The highest BCUT2D eigenvalue weighted by atomic mass is 35.5. The zero-order valence-electron chi connectivity index (χ0n) is 17.1. The van der Waals surface area contributed by atoms with Crippen molar-refractivity contribution in [1.29, 1.82) is 0 Å². The standard InChI is InChI=1S/C20H17ClN2O9/c1-9(24)30-18(31-10(2)25)20-7-6-19(3,32-20)14-15(20)17(27)22(16(14)26)12-5-4-11(21)8-13(12)23(28)29/h4-8,14-15,18H,1-3H3/t14-,15-,19-,20+/m1/s1. The van der Waals surface area contributed by atoms with E-state index >= 15 is 0 Å². The minimum atomic E-state index is -1.78. The highest BCUT2D eigenvalue weighted by Crippen LogP contribution is 2.60. The number of ether oxygens (including phenoxy) is 3. The van der Waals surface area contributed by atoms with Crippen LogP contribution in [0.3, 0.4) is 0 Å². The number of carbonyl (C=O) groups excluding carboxylic acids is 4. The molecule has 3 aliphatic rings. The number of rotatable bonds is 5. The lowest BCUT2D eigenvalue weighted by Gasteiger charge is -2.34. The van der Waals surface area contributed by atoms with Crippen LogP contribution in [0.15, 0.2) is 30.4 Å². The van der Waals surface area contributed by atoms with Crippen molar-refractivity contribution >= 4 is 46.7 Å². The lowest BCUT2D eigenvalue weighted by molar-refractivity contribution is -0.384. The van der Waals surface area contributed by atoms with Gasteiger partial charge in [0, 0.05) is 24.9 Å². The summed E-state index contributed by atoms with van der Waals surface area (Å²) in [5.41, 5.74) is -3.86. The van der Waals surface area contributed by atoms with Crippen molar-refractivity contribution in [2.45, 2.75) is 38.3 Å². The molecular formula is C20H17ClN2O9. The summed E-state index contributed by atoms with van der Waals surface area (Å²) in [6, 6.07) is 3.56. The molecule has 3 heterocycles. The number of nitro benzene ring substituents is 1. The minimum Gasteiger partial charge on any atom is -0.422 e. The second-order valence-electron chi connectivity index (χ2n) is 7.88. The number of hydrogen-bond acceptors (Lipinski definition) is 9. The molecular weight excluding hydrogens is 448 g/mol. The number of imide groups is 1. The second kappa shape index (κ2) is 7.10. The predicted molar refractivity (Wildman–Crippen MR) is 106 cm³/mol. The van der Waals surface area contributed by atoms with Crippen LogP contribution >= 0.6 is 11.6 Å². The molecule has 0 aliphatic carbocycles. The fraction of sp³-hybridized carbons (Fsp3) is 0.400. The average molecular weight is 465 g/mol. The molecule has 0 N–H and O–H groups in total. The van der Waals surface area contributed by atoms with Crippen molar-refractivity contribution < 1.29 is 38.3 Å². The zero-order chi connectivity index (χ0) is 23.6. The largest absolute Gasteiger partial charge is 0.422 e. The van der Waals surface area contributed by atoms with Gasteiger partial charge in [-0.3, -0.25) is 29.3 Å². The summed E-state index contributed by atoms with van der Waals surface area (Å²) < 4.78 is 16.3. The fourth-order valence-electron chi connectivity index (χ4n) is 4.63. The molecule has 32 heavy (non-hydrogen) atoms. The molecule has 3 aliphatic heterocycles. The number of amides is 2. The lowest BCUT2D eigenvalue weighted by Crippen LogP contribution is -2.52. The first kappa shape index (κ1) is 21.9. The van der Waals surface area contributed by atoms with Crippen LogP contribution in [0, 0.1) is 22.0 Å². The van der Waals surface area contributed by atoms with E-state index < -0.39 is 63.7 Å². The maximum absolute atomic E-state index is 13.5. The van der Waals surface area contributed by atoms with Crippen LogP contribution in [0.2, 0.25) is 5.02 Å². The normalized spacial score (nSPS) is 30.1. The number of anilines is 1. The lowest BCUT2D eigenvalue weighted by atomic mass is 9.72. The van der Waals surface area contributed by atoms with Gasteiger partial charge in [0.2, 0.25) is 11.8 Å². The van der Waals surface area contributed by atoms with E-state index in [1.165, 1.54) is 24.3 Å². The molecule has 4 atom stereocenters. The molecule has 2 fully saturated rings. The number of nitro groups is 1. The SMILES string of the molecule is CC(=O)OC(OC(C)=O)[C@@]12C=C[C@@](C)(O1)[C@H]1C(=O)N(c3ccc(Cl)cc3[N+](=O)[O-])C(=O)[C@@H]12. The van der Waals surface area contributed by atoms with Crippen LogP contribution in [-0.4, -0.2) is 46.2 Å². The van der Waals surface area contributed by atoms with Crippen molar-refractivity contribution in [3.05, 3.63) is 45.5 Å². The van der Waals surface area contributed by atoms with Crippen molar-refractivity contribution in [3.8, 4) is 0 Å². The summed E-state index contributed by atoms with van der Waals surface area (Å²) in [5, 5.41) is 11.6. The van der Waals surface area contributed by atoms with E-state index in [1.54, 1.807) is 6.92 Å². The van der Waals surface area contributed by atoms with Gasteiger partial charge in [-0.2, -0.15) is 0 Å². The summed E-state index contributed by atoms with van der Waals surface area (Å²) in [6.45, 7) is 3.73. The Morgan fingerprint density at radius 2 is 1.75 bits per heavy atom.